The number of carbonyl (C=O) groups excluding carboxylic acids is 1. The Morgan fingerprint density at radius 2 is 2.18 bits per heavy atom. The third kappa shape index (κ3) is 4.59. The second-order valence-corrected chi connectivity index (χ2v) is 10.8. The molecule has 0 bridgehead atoms. The van der Waals surface area contributed by atoms with Gasteiger partial charge in [0, 0.05) is 36.7 Å². The van der Waals surface area contributed by atoms with Crippen LogP contribution in [0.25, 0.3) is 0 Å². The summed E-state index contributed by atoms with van der Waals surface area (Å²) in [6, 6.07) is 9.00. The molecular formula is C19H23BrN2O4S2. The Morgan fingerprint density at radius 1 is 1.39 bits per heavy atom. The molecule has 0 aliphatic carbocycles. The van der Waals surface area contributed by atoms with E-state index in [0.717, 1.165) is 10.0 Å². The second-order valence-electron chi connectivity index (χ2n) is 6.78. The van der Waals surface area contributed by atoms with Crippen LogP contribution in [0.3, 0.4) is 0 Å². The minimum absolute atomic E-state index is 0.0480. The molecule has 2 aromatic rings. The molecule has 1 saturated heterocycles. The molecule has 1 aliphatic heterocycles. The van der Waals surface area contributed by atoms with Crippen molar-refractivity contribution in [2.75, 3.05) is 27.2 Å². The SMILES string of the molecule is COc1ccc(Br)cc1CN(C)C(=O)C1CCCN(S(=O)(=O)c2cccs2)C1. The Hall–Kier alpha value is -1.42. The van der Waals surface area contributed by atoms with Gasteiger partial charge in [-0.05, 0) is 42.5 Å². The molecule has 2 heterocycles. The molecule has 1 unspecified atom stereocenters. The van der Waals surface area contributed by atoms with Gasteiger partial charge in [0.1, 0.15) is 9.96 Å². The fourth-order valence-electron chi connectivity index (χ4n) is 3.42. The summed E-state index contributed by atoms with van der Waals surface area (Å²) in [7, 11) is -0.185. The molecule has 1 aromatic carbocycles. The van der Waals surface area contributed by atoms with E-state index in [0.29, 0.717) is 35.9 Å². The van der Waals surface area contributed by atoms with E-state index in [2.05, 4.69) is 15.9 Å². The molecular weight excluding hydrogens is 464 g/mol. The summed E-state index contributed by atoms with van der Waals surface area (Å²) in [6.07, 6.45) is 1.37. The lowest BCUT2D eigenvalue weighted by molar-refractivity contribution is -0.135. The van der Waals surface area contributed by atoms with Crippen LogP contribution < -0.4 is 4.74 Å². The average molecular weight is 487 g/mol. The van der Waals surface area contributed by atoms with Gasteiger partial charge in [0.2, 0.25) is 5.91 Å². The van der Waals surface area contributed by atoms with Crippen molar-refractivity contribution in [1.82, 2.24) is 9.21 Å². The van der Waals surface area contributed by atoms with E-state index in [1.807, 2.05) is 18.2 Å². The lowest BCUT2D eigenvalue weighted by atomic mass is 9.98. The maximum Gasteiger partial charge on any atom is 0.252 e. The van der Waals surface area contributed by atoms with Gasteiger partial charge in [-0.2, -0.15) is 4.31 Å². The molecule has 152 valence electrons. The van der Waals surface area contributed by atoms with Crippen LogP contribution in [0, 0.1) is 5.92 Å². The summed E-state index contributed by atoms with van der Waals surface area (Å²) in [6.45, 7) is 1.07. The highest BCUT2D eigenvalue weighted by molar-refractivity contribution is 9.10. The van der Waals surface area contributed by atoms with Crippen LogP contribution in [0.1, 0.15) is 18.4 Å². The fourth-order valence-corrected chi connectivity index (χ4v) is 6.49. The summed E-state index contributed by atoms with van der Waals surface area (Å²) in [5.74, 6) is 0.327. The number of benzene rings is 1. The highest BCUT2D eigenvalue weighted by Crippen LogP contribution is 2.28. The van der Waals surface area contributed by atoms with E-state index in [9.17, 15) is 13.2 Å². The lowest BCUT2D eigenvalue weighted by Crippen LogP contribution is -2.45. The first kappa shape index (κ1) is 21.3. The zero-order valence-corrected chi connectivity index (χ0v) is 19.0. The van der Waals surface area contributed by atoms with Crippen molar-refractivity contribution in [3.63, 3.8) is 0 Å². The zero-order chi connectivity index (χ0) is 20.3. The third-order valence-corrected chi connectivity index (χ3v) is 8.58. The van der Waals surface area contributed by atoms with Gasteiger partial charge in [-0.25, -0.2) is 8.42 Å². The Morgan fingerprint density at radius 3 is 2.86 bits per heavy atom. The standard InChI is InChI=1S/C19H23BrN2O4S2/c1-21(12-15-11-16(20)7-8-17(15)26-2)19(23)14-5-3-9-22(13-14)28(24,25)18-6-4-10-27-18/h4,6-8,10-11,14H,3,5,9,12-13H2,1-2H3. The highest BCUT2D eigenvalue weighted by atomic mass is 79.9. The number of hydrogen-bond acceptors (Lipinski definition) is 5. The van der Waals surface area contributed by atoms with E-state index in [-0.39, 0.29) is 18.4 Å². The predicted molar refractivity (Wildman–Crippen MR) is 113 cm³/mol. The summed E-state index contributed by atoms with van der Waals surface area (Å²) < 4.78 is 33.6. The normalized spacial score (nSPS) is 18.0. The Balaban J connectivity index is 1.71. The molecule has 9 heteroatoms. The quantitative estimate of drug-likeness (QED) is 0.625. The number of sulfonamides is 1. The topological polar surface area (TPSA) is 66.9 Å². The molecule has 0 radical (unpaired) electrons. The molecule has 1 aromatic heterocycles. The number of ether oxygens (including phenoxy) is 1. The van der Waals surface area contributed by atoms with E-state index in [1.54, 1.807) is 36.6 Å². The monoisotopic (exact) mass is 486 g/mol. The molecule has 6 nitrogen and oxygen atoms in total. The number of hydrogen-bond donors (Lipinski definition) is 0. The van der Waals surface area contributed by atoms with Crippen LogP contribution in [0.2, 0.25) is 0 Å². The summed E-state index contributed by atoms with van der Waals surface area (Å²) in [5, 5.41) is 1.75. The number of amides is 1. The number of thiophene rings is 1. The largest absolute Gasteiger partial charge is 0.496 e. The molecule has 0 saturated carbocycles. The second kappa shape index (κ2) is 8.94. The van der Waals surface area contributed by atoms with Crippen molar-refractivity contribution in [3.05, 3.63) is 45.7 Å². The molecule has 3 rings (SSSR count). The van der Waals surface area contributed by atoms with Crippen molar-refractivity contribution >= 4 is 43.2 Å². The van der Waals surface area contributed by atoms with Crippen LogP contribution in [0.4, 0.5) is 0 Å². The van der Waals surface area contributed by atoms with Crippen molar-refractivity contribution in [2.45, 2.75) is 23.6 Å². The van der Waals surface area contributed by atoms with Crippen LogP contribution in [-0.4, -0.2) is 50.8 Å². The number of piperidine rings is 1. The molecule has 1 fully saturated rings. The van der Waals surface area contributed by atoms with E-state index < -0.39 is 10.0 Å². The maximum absolute atomic E-state index is 13.0. The third-order valence-electron chi connectivity index (χ3n) is 4.85. The molecule has 1 amide bonds. The highest BCUT2D eigenvalue weighted by Gasteiger charge is 2.35. The average Bonchev–Trinajstić information content (AvgIpc) is 3.23. The van der Waals surface area contributed by atoms with Gasteiger partial charge >= 0.3 is 0 Å². The van der Waals surface area contributed by atoms with Crippen molar-refractivity contribution in [2.24, 2.45) is 5.92 Å². The number of carbonyl (C=O) groups is 1. The predicted octanol–water partition coefficient (Wildman–Crippen LogP) is 3.58. The number of rotatable bonds is 6. The van der Waals surface area contributed by atoms with E-state index in [1.165, 1.54) is 15.6 Å². The molecule has 28 heavy (non-hydrogen) atoms. The van der Waals surface area contributed by atoms with E-state index >= 15 is 0 Å². The van der Waals surface area contributed by atoms with Gasteiger partial charge < -0.3 is 9.64 Å². The number of methoxy groups -OCH3 is 1. The minimum atomic E-state index is -3.53. The van der Waals surface area contributed by atoms with Crippen LogP contribution in [-0.2, 0) is 21.4 Å². The van der Waals surface area contributed by atoms with Crippen molar-refractivity contribution < 1.29 is 17.9 Å². The zero-order valence-electron chi connectivity index (χ0n) is 15.8. The first-order valence-electron chi connectivity index (χ1n) is 8.94. The van der Waals surface area contributed by atoms with Crippen LogP contribution in [0.5, 0.6) is 5.75 Å². The number of halogens is 1. The van der Waals surface area contributed by atoms with E-state index in [4.69, 9.17) is 4.74 Å². The van der Waals surface area contributed by atoms with Gasteiger partial charge in [-0.3, -0.25) is 4.79 Å². The van der Waals surface area contributed by atoms with Crippen LogP contribution in [0.15, 0.2) is 44.4 Å². The van der Waals surface area contributed by atoms with Crippen LogP contribution >= 0.6 is 27.3 Å². The Kier molecular flexibility index (Phi) is 6.80. The Labute approximate surface area is 178 Å². The summed E-state index contributed by atoms with van der Waals surface area (Å²) >= 11 is 4.65. The summed E-state index contributed by atoms with van der Waals surface area (Å²) in [4.78, 5) is 14.6. The van der Waals surface area contributed by atoms with Gasteiger partial charge in [-0.15, -0.1) is 11.3 Å². The molecule has 1 aliphatic rings. The first-order chi connectivity index (χ1) is 13.3. The van der Waals surface area contributed by atoms with Crippen molar-refractivity contribution in [3.8, 4) is 5.75 Å². The number of nitrogens with zero attached hydrogens (tertiary/aromatic N) is 2. The minimum Gasteiger partial charge on any atom is -0.496 e. The van der Waals surface area contributed by atoms with Gasteiger partial charge in [0.15, 0.2) is 0 Å². The molecule has 0 N–H and O–H groups in total. The van der Waals surface area contributed by atoms with Gasteiger partial charge in [0.05, 0.1) is 13.0 Å². The smallest absolute Gasteiger partial charge is 0.252 e. The maximum atomic E-state index is 13.0. The molecule has 0 spiro atoms. The fraction of sp³-hybridized carbons (Fsp3) is 0.421. The Bertz CT molecular complexity index is 931. The summed E-state index contributed by atoms with van der Waals surface area (Å²) in [5.41, 5.74) is 0.895. The van der Waals surface area contributed by atoms with Gasteiger partial charge in [-0.1, -0.05) is 22.0 Å². The first-order valence-corrected chi connectivity index (χ1v) is 12.0. The lowest BCUT2D eigenvalue weighted by Gasteiger charge is -2.33. The van der Waals surface area contributed by atoms with Gasteiger partial charge in [0.25, 0.3) is 10.0 Å². The molecule has 1 atom stereocenters. The van der Waals surface area contributed by atoms with Crippen molar-refractivity contribution in [1.29, 1.82) is 0 Å².